The molecule has 0 heterocycles. The van der Waals surface area contributed by atoms with Crippen molar-refractivity contribution in [1.29, 1.82) is 0 Å². The van der Waals surface area contributed by atoms with E-state index in [-0.39, 0.29) is 6.61 Å². The third-order valence-corrected chi connectivity index (χ3v) is 4.11. The first-order chi connectivity index (χ1) is 8.19. The van der Waals surface area contributed by atoms with Crippen molar-refractivity contribution >= 4 is 23.4 Å². The van der Waals surface area contributed by atoms with Crippen LogP contribution in [0.2, 0.25) is 5.02 Å². The highest BCUT2D eigenvalue weighted by Gasteiger charge is 2.07. The highest BCUT2D eigenvalue weighted by atomic mass is 35.5. The summed E-state index contributed by atoms with van der Waals surface area (Å²) in [6.45, 7) is 5.41. The van der Waals surface area contributed by atoms with Crippen LogP contribution < -0.4 is 5.32 Å². The summed E-state index contributed by atoms with van der Waals surface area (Å²) in [4.78, 5) is 1.09. The number of halogens is 1. The third kappa shape index (κ3) is 4.88. The van der Waals surface area contributed by atoms with Crippen molar-refractivity contribution in [1.82, 2.24) is 5.32 Å². The molecule has 0 aliphatic rings. The molecule has 96 valence electrons. The van der Waals surface area contributed by atoms with Crippen molar-refractivity contribution in [2.75, 3.05) is 18.9 Å². The topological polar surface area (TPSA) is 32.3 Å². The molecular formula is C13H20ClNOS. The van der Waals surface area contributed by atoms with Crippen molar-refractivity contribution in [3.8, 4) is 0 Å². The van der Waals surface area contributed by atoms with Gasteiger partial charge in [-0.3, -0.25) is 0 Å². The molecule has 17 heavy (non-hydrogen) atoms. The largest absolute Gasteiger partial charge is 0.396 e. The fraction of sp³-hybridized carbons (Fsp3) is 0.538. The van der Waals surface area contributed by atoms with E-state index >= 15 is 0 Å². The van der Waals surface area contributed by atoms with Crippen LogP contribution >= 0.6 is 23.4 Å². The molecule has 0 aliphatic carbocycles. The average Bonchev–Trinajstić information content (AvgIpc) is 2.31. The summed E-state index contributed by atoms with van der Waals surface area (Å²) in [7, 11) is 0. The van der Waals surface area contributed by atoms with Crippen molar-refractivity contribution in [3.63, 3.8) is 0 Å². The summed E-state index contributed by atoms with van der Waals surface area (Å²) in [5.74, 6) is 0.901. The van der Waals surface area contributed by atoms with E-state index in [1.165, 1.54) is 5.56 Å². The molecule has 0 amide bonds. The number of hydrogen-bond acceptors (Lipinski definition) is 3. The lowest BCUT2D eigenvalue weighted by Gasteiger charge is -2.14. The predicted octanol–water partition coefficient (Wildman–Crippen LogP) is 3.49. The van der Waals surface area contributed by atoms with Crippen LogP contribution in [0.25, 0.3) is 0 Å². The first-order valence-corrected chi connectivity index (χ1v) is 7.31. The molecule has 1 unspecified atom stereocenters. The Hall–Kier alpha value is -0.220. The summed E-state index contributed by atoms with van der Waals surface area (Å²) < 4.78 is 0. The van der Waals surface area contributed by atoms with Gasteiger partial charge in [0, 0.05) is 23.3 Å². The van der Waals surface area contributed by atoms with Gasteiger partial charge in [-0.15, -0.1) is 11.8 Å². The Labute approximate surface area is 113 Å². The molecule has 0 radical (unpaired) electrons. The summed E-state index contributed by atoms with van der Waals surface area (Å²) >= 11 is 7.93. The molecule has 0 aliphatic heterocycles. The summed E-state index contributed by atoms with van der Waals surface area (Å²) in [6.07, 6.45) is 0.802. The van der Waals surface area contributed by atoms with Gasteiger partial charge in [-0.05, 0) is 37.6 Å². The van der Waals surface area contributed by atoms with Crippen LogP contribution in [0.1, 0.15) is 31.9 Å². The summed E-state index contributed by atoms with van der Waals surface area (Å²) in [6, 6.07) is 6.53. The van der Waals surface area contributed by atoms with Gasteiger partial charge in [-0.1, -0.05) is 24.6 Å². The highest BCUT2D eigenvalue weighted by molar-refractivity contribution is 7.99. The minimum Gasteiger partial charge on any atom is -0.396 e. The molecule has 4 heteroatoms. The first kappa shape index (κ1) is 14.8. The number of aliphatic hydroxyl groups excluding tert-OH is 1. The normalized spacial score (nSPS) is 12.7. The first-order valence-electron chi connectivity index (χ1n) is 5.95. The molecule has 0 spiro atoms. The van der Waals surface area contributed by atoms with Gasteiger partial charge < -0.3 is 10.4 Å². The van der Waals surface area contributed by atoms with Crippen LogP contribution in [0.3, 0.4) is 0 Å². The molecule has 2 N–H and O–H groups in total. The second-order valence-corrected chi connectivity index (χ2v) is 5.44. The van der Waals surface area contributed by atoms with Crippen LogP contribution in [0.15, 0.2) is 23.1 Å². The van der Waals surface area contributed by atoms with Crippen LogP contribution in [0.5, 0.6) is 0 Å². The number of thioether (sulfide) groups is 1. The number of hydrogen-bond donors (Lipinski definition) is 2. The molecule has 0 saturated carbocycles. The predicted molar refractivity (Wildman–Crippen MR) is 76.0 cm³/mol. The fourth-order valence-electron chi connectivity index (χ4n) is 1.57. The Kier molecular flexibility index (Phi) is 6.97. The molecule has 1 rings (SSSR count). The Balaban J connectivity index is 2.65. The quantitative estimate of drug-likeness (QED) is 0.589. The number of benzene rings is 1. The summed E-state index contributed by atoms with van der Waals surface area (Å²) in [5.41, 5.74) is 1.21. The maximum atomic E-state index is 8.73. The van der Waals surface area contributed by atoms with Crippen molar-refractivity contribution < 1.29 is 5.11 Å². The molecule has 1 aromatic carbocycles. The van der Waals surface area contributed by atoms with Gasteiger partial charge >= 0.3 is 0 Å². The molecule has 0 fully saturated rings. The van der Waals surface area contributed by atoms with E-state index in [1.54, 1.807) is 11.8 Å². The Morgan fingerprint density at radius 3 is 2.82 bits per heavy atom. The minimum atomic E-state index is 0.236. The van der Waals surface area contributed by atoms with Crippen molar-refractivity contribution in [2.45, 2.75) is 31.2 Å². The highest BCUT2D eigenvalue weighted by Crippen LogP contribution is 2.30. The number of nitrogens with one attached hydrogen (secondary N) is 1. The molecule has 2 nitrogen and oxygen atoms in total. The lowest BCUT2D eigenvalue weighted by atomic mass is 10.1. The zero-order valence-corrected chi connectivity index (χ0v) is 11.9. The van der Waals surface area contributed by atoms with Gasteiger partial charge in [0.2, 0.25) is 0 Å². The molecule has 0 bridgehead atoms. The van der Waals surface area contributed by atoms with Gasteiger partial charge in [0.25, 0.3) is 0 Å². The monoisotopic (exact) mass is 273 g/mol. The maximum absolute atomic E-state index is 8.73. The number of aliphatic hydroxyl groups is 1. The van der Waals surface area contributed by atoms with E-state index in [0.29, 0.717) is 6.04 Å². The summed E-state index contributed by atoms with van der Waals surface area (Å²) in [5, 5.41) is 12.9. The molecular weight excluding hydrogens is 254 g/mol. The zero-order valence-electron chi connectivity index (χ0n) is 10.4. The standard InChI is InChI=1S/C13H20ClNOS/c1-3-15-10(2)11-5-6-13(12(14)9-11)17-8-4-7-16/h5-6,9-10,15-16H,3-4,7-8H2,1-2H3. The van der Waals surface area contributed by atoms with E-state index in [0.717, 1.165) is 28.6 Å². The van der Waals surface area contributed by atoms with Crippen molar-refractivity contribution in [2.24, 2.45) is 0 Å². The second kappa shape index (κ2) is 7.98. The lowest BCUT2D eigenvalue weighted by molar-refractivity contribution is 0.296. The van der Waals surface area contributed by atoms with E-state index in [9.17, 15) is 0 Å². The van der Waals surface area contributed by atoms with E-state index in [1.807, 2.05) is 6.07 Å². The molecule has 1 aromatic rings. The minimum absolute atomic E-state index is 0.236. The van der Waals surface area contributed by atoms with Gasteiger partial charge in [0.05, 0.1) is 5.02 Å². The zero-order chi connectivity index (χ0) is 12.7. The van der Waals surface area contributed by atoms with E-state index < -0.39 is 0 Å². The second-order valence-electron chi connectivity index (χ2n) is 3.89. The molecule has 0 saturated heterocycles. The molecule has 0 aromatic heterocycles. The lowest BCUT2D eigenvalue weighted by Crippen LogP contribution is -2.17. The third-order valence-electron chi connectivity index (χ3n) is 2.53. The van der Waals surface area contributed by atoms with E-state index in [2.05, 4.69) is 31.3 Å². The van der Waals surface area contributed by atoms with Gasteiger partial charge in [0.1, 0.15) is 0 Å². The van der Waals surface area contributed by atoms with Crippen LogP contribution in [0.4, 0.5) is 0 Å². The van der Waals surface area contributed by atoms with Crippen LogP contribution in [-0.2, 0) is 0 Å². The maximum Gasteiger partial charge on any atom is 0.0545 e. The SMILES string of the molecule is CCNC(C)c1ccc(SCCCO)c(Cl)c1. The smallest absolute Gasteiger partial charge is 0.0545 e. The van der Waals surface area contributed by atoms with Crippen molar-refractivity contribution in [3.05, 3.63) is 28.8 Å². The van der Waals surface area contributed by atoms with Gasteiger partial charge in [0.15, 0.2) is 0 Å². The Morgan fingerprint density at radius 1 is 1.47 bits per heavy atom. The Morgan fingerprint density at radius 2 is 2.24 bits per heavy atom. The molecule has 1 atom stereocenters. The fourth-order valence-corrected chi connectivity index (χ4v) is 2.78. The van der Waals surface area contributed by atoms with Crippen LogP contribution in [-0.4, -0.2) is 24.0 Å². The van der Waals surface area contributed by atoms with Gasteiger partial charge in [-0.25, -0.2) is 0 Å². The van der Waals surface area contributed by atoms with Crippen LogP contribution in [0, 0.1) is 0 Å². The van der Waals surface area contributed by atoms with E-state index in [4.69, 9.17) is 16.7 Å². The van der Waals surface area contributed by atoms with Gasteiger partial charge in [-0.2, -0.15) is 0 Å². The number of rotatable bonds is 7. The Bertz CT molecular complexity index is 346. The average molecular weight is 274 g/mol.